The summed E-state index contributed by atoms with van der Waals surface area (Å²) in [5, 5.41) is 3.00. The monoisotopic (exact) mass is 436 g/mol. The smallest absolute Gasteiger partial charge is 0.243 e. The van der Waals surface area contributed by atoms with Crippen molar-refractivity contribution < 1.29 is 13.2 Å². The van der Waals surface area contributed by atoms with Crippen LogP contribution in [-0.2, 0) is 14.8 Å². The van der Waals surface area contributed by atoms with Crippen molar-refractivity contribution in [2.75, 3.05) is 13.6 Å². The number of carbonyl (C=O) groups excluding carboxylic acids is 1. The zero-order chi connectivity index (χ0) is 22.6. The lowest BCUT2D eigenvalue weighted by atomic mass is 9.99. The van der Waals surface area contributed by atoms with Gasteiger partial charge < -0.3 is 5.32 Å². The molecule has 31 heavy (non-hydrogen) atoms. The highest BCUT2D eigenvalue weighted by Gasteiger charge is 2.27. The normalized spacial score (nSPS) is 11.7. The van der Waals surface area contributed by atoms with Crippen LogP contribution in [0.4, 0.5) is 0 Å². The van der Waals surface area contributed by atoms with Crippen LogP contribution in [0.5, 0.6) is 0 Å². The van der Waals surface area contributed by atoms with Crippen LogP contribution in [-0.4, -0.2) is 32.2 Å². The average Bonchev–Trinajstić information content (AvgIpc) is 2.72. The van der Waals surface area contributed by atoms with Crippen molar-refractivity contribution in [3.05, 3.63) is 101 Å². The summed E-state index contributed by atoms with van der Waals surface area (Å²) in [5.41, 5.74) is 4.21. The Bertz CT molecular complexity index is 1100. The third-order valence-electron chi connectivity index (χ3n) is 5.21. The molecule has 0 atom stereocenters. The van der Waals surface area contributed by atoms with Gasteiger partial charge in [0.15, 0.2) is 0 Å². The molecule has 0 aliphatic heterocycles. The Morgan fingerprint density at radius 1 is 0.871 bits per heavy atom. The molecule has 0 aliphatic rings. The lowest BCUT2D eigenvalue weighted by Crippen LogP contribution is -2.40. The summed E-state index contributed by atoms with van der Waals surface area (Å²) in [4.78, 5) is 13.2. The first kappa shape index (κ1) is 22.7. The van der Waals surface area contributed by atoms with E-state index in [-0.39, 0.29) is 23.4 Å². The summed E-state index contributed by atoms with van der Waals surface area (Å²) < 4.78 is 27.5. The van der Waals surface area contributed by atoms with E-state index in [9.17, 15) is 13.2 Å². The molecule has 1 amide bonds. The standard InChI is InChI=1S/C25H28N2O3S/c1-18-15-19(2)25(20(3)16-18)31(29,30)27(4)17-23(28)26-24(21-11-7-5-8-12-21)22-13-9-6-10-14-22/h5-16,24H,17H2,1-4H3,(H,26,28). The fraction of sp³-hybridized carbons (Fsp3) is 0.240. The number of benzene rings is 3. The van der Waals surface area contributed by atoms with Gasteiger partial charge in [0, 0.05) is 7.05 Å². The van der Waals surface area contributed by atoms with Crippen LogP contribution >= 0.6 is 0 Å². The Kier molecular flexibility index (Phi) is 6.93. The molecule has 0 saturated carbocycles. The Hall–Kier alpha value is -2.96. The van der Waals surface area contributed by atoms with Gasteiger partial charge in [-0.3, -0.25) is 4.79 Å². The molecule has 0 heterocycles. The molecule has 6 heteroatoms. The van der Waals surface area contributed by atoms with E-state index in [2.05, 4.69) is 5.32 Å². The van der Waals surface area contributed by atoms with Gasteiger partial charge in [0.2, 0.25) is 15.9 Å². The quantitative estimate of drug-likeness (QED) is 0.605. The van der Waals surface area contributed by atoms with E-state index < -0.39 is 10.0 Å². The Balaban J connectivity index is 1.83. The Morgan fingerprint density at radius 3 is 1.77 bits per heavy atom. The van der Waals surface area contributed by atoms with E-state index in [1.807, 2.05) is 79.7 Å². The molecule has 3 rings (SSSR count). The fourth-order valence-electron chi connectivity index (χ4n) is 3.87. The number of nitrogens with zero attached hydrogens (tertiary/aromatic N) is 1. The maximum Gasteiger partial charge on any atom is 0.243 e. The second-order valence-corrected chi connectivity index (χ2v) is 9.79. The zero-order valence-corrected chi connectivity index (χ0v) is 19.1. The SMILES string of the molecule is Cc1cc(C)c(S(=O)(=O)N(C)CC(=O)NC(c2ccccc2)c2ccccc2)c(C)c1. The van der Waals surface area contributed by atoms with Crippen molar-refractivity contribution >= 4 is 15.9 Å². The van der Waals surface area contributed by atoms with Crippen LogP contribution in [0.1, 0.15) is 33.9 Å². The number of carbonyl (C=O) groups is 1. The number of aryl methyl sites for hydroxylation is 3. The molecular formula is C25H28N2O3S. The first-order chi connectivity index (χ1) is 14.7. The molecule has 0 unspecified atom stereocenters. The molecule has 0 radical (unpaired) electrons. The molecule has 3 aromatic rings. The molecule has 0 saturated heterocycles. The number of sulfonamides is 1. The maximum absolute atomic E-state index is 13.2. The summed E-state index contributed by atoms with van der Waals surface area (Å²) in [5.74, 6) is -0.369. The number of amides is 1. The average molecular weight is 437 g/mol. The number of hydrogen-bond donors (Lipinski definition) is 1. The largest absolute Gasteiger partial charge is 0.344 e. The minimum absolute atomic E-state index is 0.260. The molecule has 1 N–H and O–H groups in total. The Labute approximate surface area is 184 Å². The van der Waals surface area contributed by atoms with E-state index in [1.54, 1.807) is 13.8 Å². The van der Waals surface area contributed by atoms with Gasteiger partial charge in [-0.2, -0.15) is 4.31 Å². The summed E-state index contributed by atoms with van der Waals surface area (Å²) in [6, 6.07) is 22.6. The van der Waals surface area contributed by atoms with Gasteiger partial charge in [0.25, 0.3) is 0 Å². The summed E-state index contributed by atoms with van der Waals surface area (Å²) in [7, 11) is -2.37. The van der Waals surface area contributed by atoms with Crippen molar-refractivity contribution in [1.82, 2.24) is 9.62 Å². The minimum atomic E-state index is -3.80. The Morgan fingerprint density at radius 2 is 1.32 bits per heavy atom. The van der Waals surface area contributed by atoms with Crippen molar-refractivity contribution in [3.8, 4) is 0 Å². The summed E-state index contributed by atoms with van der Waals surface area (Å²) in [6.45, 7) is 5.22. The van der Waals surface area contributed by atoms with Gasteiger partial charge in [-0.1, -0.05) is 78.4 Å². The highest BCUT2D eigenvalue weighted by atomic mass is 32.2. The van der Waals surface area contributed by atoms with Crippen LogP contribution in [0.15, 0.2) is 77.7 Å². The first-order valence-corrected chi connectivity index (χ1v) is 11.6. The predicted molar refractivity (Wildman–Crippen MR) is 123 cm³/mol. The maximum atomic E-state index is 13.2. The molecule has 0 spiro atoms. The van der Waals surface area contributed by atoms with E-state index in [0.29, 0.717) is 11.1 Å². The molecule has 162 valence electrons. The van der Waals surface area contributed by atoms with Crippen LogP contribution in [0, 0.1) is 20.8 Å². The van der Waals surface area contributed by atoms with E-state index in [4.69, 9.17) is 0 Å². The molecule has 0 fully saturated rings. The van der Waals surface area contributed by atoms with Gasteiger partial charge in [-0.05, 0) is 43.0 Å². The van der Waals surface area contributed by atoms with Crippen LogP contribution in [0.25, 0.3) is 0 Å². The minimum Gasteiger partial charge on any atom is -0.344 e. The summed E-state index contributed by atoms with van der Waals surface area (Å²) in [6.07, 6.45) is 0. The second kappa shape index (κ2) is 9.45. The molecular weight excluding hydrogens is 408 g/mol. The van der Waals surface area contributed by atoms with Crippen molar-refractivity contribution in [2.24, 2.45) is 0 Å². The number of likely N-dealkylation sites (N-methyl/N-ethyl adjacent to an activating group) is 1. The van der Waals surface area contributed by atoms with Crippen molar-refractivity contribution in [3.63, 3.8) is 0 Å². The van der Waals surface area contributed by atoms with Gasteiger partial charge >= 0.3 is 0 Å². The van der Waals surface area contributed by atoms with E-state index in [0.717, 1.165) is 21.0 Å². The highest BCUT2D eigenvalue weighted by Crippen LogP contribution is 2.25. The van der Waals surface area contributed by atoms with E-state index >= 15 is 0 Å². The topological polar surface area (TPSA) is 66.5 Å². The number of rotatable bonds is 7. The second-order valence-electron chi connectivity index (χ2n) is 7.81. The van der Waals surface area contributed by atoms with Gasteiger partial charge in [-0.25, -0.2) is 8.42 Å². The fourth-order valence-corrected chi connectivity index (χ4v) is 5.40. The lowest BCUT2D eigenvalue weighted by Gasteiger charge is -2.23. The first-order valence-electron chi connectivity index (χ1n) is 10.1. The lowest BCUT2D eigenvalue weighted by molar-refractivity contribution is -0.121. The summed E-state index contributed by atoms with van der Waals surface area (Å²) >= 11 is 0. The number of nitrogens with one attached hydrogen (secondary N) is 1. The van der Waals surface area contributed by atoms with Crippen LogP contribution < -0.4 is 5.32 Å². The van der Waals surface area contributed by atoms with E-state index in [1.165, 1.54) is 7.05 Å². The van der Waals surface area contributed by atoms with Crippen molar-refractivity contribution in [2.45, 2.75) is 31.7 Å². The third kappa shape index (κ3) is 5.21. The van der Waals surface area contributed by atoms with Gasteiger partial charge in [0.1, 0.15) is 0 Å². The molecule has 0 bridgehead atoms. The highest BCUT2D eigenvalue weighted by molar-refractivity contribution is 7.89. The number of hydrogen-bond acceptors (Lipinski definition) is 3. The van der Waals surface area contributed by atoms with Gasteiger partial charge in [0.05, 0.1) is 17.5 Å². The van der Waals surface area contributed by atoms with Crippen LogP contribution in [0.3, 0.4) is 0 Å². The predicted octanol–water partition coefficient (Wildman–Crippen LogP) is 4.14. The zero-order valence-electron chi connectivity index (χ0n) is 18.3. The van der Waals surface area contributed by atoms with Crippen molar-refractivity contribution in [1.29, 1.82) is 0 Å². The molecule has 0 aliphatic carbocycles. The van der Waals surface area contributed by atoms with Gasteiger partial charge in [-0.15, -0.1) is 0 Å². The van der Waals surface area contributed by atoms with Crippen LogP contribution in [0.2, 0.25) is 0 Å². The molecule has 3 aromatic carbocycles. The molecule has 0 aromatic heterocycles. The molecule has 5 nitrogen and oxygen atoms in total. The third-order valence-corrected chi connectivity index (χ3v) is 7.32.